The highest BCUT2D eigenvalue weighted by molar-refractivity contribution is 9.10. The molecule has 2 aromatic carbocycles. The Bertz CT molecular complexity index is 1310. The average Bonchev–Trinajstić information content (AvgIpc) is 3.00. The zero-order valence-electron chi connectivity index (χ0n) is 15.7. The molecule has 0 fully saturated rings. The van der Waals surface area contributed by atoms with Crippen LogP contribution in [0.3, 0.4) is 0 Å². The molecule has 0 saturated heterocycles. The average molecular weight is 470 g/mol. The van der Waals surface area contributed by atoms with Crippen LogP contribution in [0.4, 0.5) is 5.69 Å². The van der Waals surface area contributed by atoms with Gasteiger partial charge < -0.3 is 4.98 Å². The molecule has 29 heavy (non-hydrogen) atoms. The lowest BCUT2D eigenvalue weighted by Crippen LogP contribution is -2.12. The smallest absolute Gasteiger partial charge is 0.269 e. The van der Waals surface area contributed by atoms with Crippen molar-refractivity contribution in [1.29, 1.82) is 0 Å². The summed E-state index contributed by atoms with van der Waals surface area (Å²) in [6.45, 7) is 4.01. The molecule has 4 rings (SSSR count). The molecule has 2 heterocycles. The highest BCUT2D eigenvalue weighted by Crippen LogP contribution is 2.39. The normalized spacial score (nSPS) is 11.1. The van der Waals surface area contributed by atoms with E-state index in [0.29, 0.717) is 22.5 Å². The van der Waals surface area contributed by atoms with E-state index in [2.05, 4.69) is 32.0 Å². The largest absolute Gasteiger partial charge is 0.310 e. The summed E-state index contributed by atoms with van der Waals surface area (Å²) in [5, 5.41) is 11.4. The maximum absolute atomic E-state index is 12.9. The minimum atomic E-state index is -0.435. The Labute approximate surface area is 178 Å². The highest BCUT2D eigenvalue weighted by atomic mass is 79.9. The number of halogens is 1. The van der Waals surface area contributed by atoms with Crippen LogP contribution in [0.1, 0.15) is 21.8 Å². The fourth-order valence-electron chi connectivity index (χ4n) is 3.33. The van der Waals surface area contributed by atoms with Crippen LogP contribution in [0.25, 0.3) is 21.3 Å². The Morgan fingerprint density at radius 2 is 1.90 bits per heavy atom. The summed E-state index contributed by atoms with van der Waals surface area (Å²) >= 11 is 5.09. The second-order valence-corrected chi connectivity index (χ2v) is 8.87. The van der Waals surface area contributed by atoms with E-state index >= 15 is 0 Å². The van der Waals surface area contributed by atoms with E-state index in [-0.39, 0.29) is 11.2 Å². The lowest BCUT2D eigenvalue weighted by atomic mass is 10.0. The first-order valence-electron chi connectivity index (χ1n) is 8.85. The molecule has 0 radical (unpaired) electrons. The van der Waals surface area contributed by atoms with Gasteiger partial charge in [-0.1, -0.05) is 45.8 Å². The zero-order valence-corrected chi connectivity index (χ0v) is 18.1. The van der Waals surface area contributed by atoms with E-state index < -0.39 is 4.92 Å². The van der Waals surface area contributed by atoms with Gasteiger partial charge in [-0.05, 0) is 31.0 Å². The number of nitrogens with zero attached hydrogens (tertiary/aromatic N) is 2. The van der Waals surface area contributed by atoms with E-state index in [9.17, 15) is 14.9 Å². The number of nitrogens with one attached hydrogen (secondary N) is 1. The number of aryl methyl sites for hydroxylation is 2. The maximum Gasteiger partial charge on any atom is 0.269 e. The summed E-state index contributed by atoms with van der Waals surface area (Å²) in [5.41, 5.74) is 3.68. The van der Waals surface area contributed by atoms with Crippen LogP contribution in [0.2, 0.25) is 0 Å². The third-order valence-electron chi connectivity index (χ3n) is 4.70. The Morgan fingerprint density at radius 3 is 2.59 bits per heavy atom. The molecule has 4 aromatic rings. The number of nitro benzene ring substituents is 1. The fraction of sp³-hybridized carbons (Fsp3) is 0.143. The molecule has 146 valence electrons. The third-order valence-corrected chi connectivity index (χ3v) is 6.39. The van der Waals surface area contributed by atoms with E-state index in [1.165, 1.54) is 23.5 Å². The van der Waals surface area contributed by atoms with Gasteiger partial charge in [0.15, 0.2) is 0 Å². The lowest BCUT2D eigenvalue weighted by Gasteiger charge is -2.07. The van der Waals surface area contributed by atoms with E-state index in [1.807, 2.05) is 26.0 Å². The Morgan fingerprint density at radius 1 is 1.17 bits per heavy atom. The number of rotatable bonds is 4. The summed E-state index contributed by atoms with van der Waals surface area (Å²) < 4.78 is 0.931. The predicted octanol–water partition coefficient (Wildman–Crippen LogP) is 5.53. The number of benzene rings is 2. The van der Waals surface area contributed by atoms with Crippen molar-refractivity contribution >= 4 is 43.2 Å². The molecule has 0 atom stereocenters. The molecule has 1 N–H and O–H groups in total. The minimum absolute atomic E-state index is 0.0351. The Kier molecular flexibility index (Phi) is 5.06. The van der Waals surface area contributed by atoms with Gasteiger partial charge in [-0.25, -0.2) is 4.98 Å². The number of aromatic amines is 1. The van der Waals surface area contributed by atoms with E-state index in [1.54, 1.807) is 12.1 Å². The second-order valence-electron chi connectivity index (χ2n) is 6.81. The number of hydrogen-bond acceptors (Lipinski definition) is 5. The minimum Gasteiger partial charge on any atom is -0.310 e. The van der Waals surface area contributed by atoms with Crippen LogP contribution < -0.4 is 5.56 Å². The third kappa shape index (κ3) is 3.73. The number of aromatic nitrogens is 2. The van der Waals surface area contributed by atoms with E-state index in [4.69, 9.17) is 0 Å². The zero-order chi connectivity index (χ0) is 20.7. The van der Waals surface area contributed by atoms with Crippen molar-refractivity contribution in [3.8, 4) is 11.1 Å². The highest BCUT2D eigenvalue weighted by Gasteiger charge is 2.18. The Balaban J connectivity index is 1.78. The summed E-state index contributed by atoms with van der Waals surface area (Å²) in [5.74, 6) is 0.535. The summed E-state index contributed by atoms with van der Waals surface area (Å²) in [6.07, 6.45) is 0.392. The molecule has 0 spiro atoms. The van der Waals surface area contributed by atoms with Gasteiger partial charge in [-0.3, -0.25) is 14.9 Å². The van der Waals surface area contributed by atoms with Gasteiger partial charge >= 0.3 is 0 Å². The molecule has 0 bridgehead atoms. The topological polar surface area (TPSA) is 88.9 Å². The predicted molar refractivity (Wildman–Crippen MR) is 119 cm³/mol. The second kappa shape index (κ2) is 7.53. The van der Waals surface area contributed by atoms with Crippen LogP contribution in [0.5, 0.6) is 0 Å². The van der Waals surface area contributed by atoms with Crippen molar-refractivity contribution in [3.05, 3.63) is 89.2 Å². The van der Waals surface area contributed by atoms with Gasteiger partial charge in [-0.15, -0.1) is 11.3 Å². The SMILES string of the molecule is Cc1ccc(Br)c(-c2c(C)sc3nc(Cc4ccc([N+](=O)[O-])cc4)[nH]c(=O)c23)c1. The van der Waals surface area contributed by atoms with Crippen molar-refractivity contribution in [2.45, 2.75) is 20.3 Å². The van der Waals surface area contributed by atoms with Crippen LogP contribution in [0, 0.1) is 24.0 Å². The van der Waals surface area contributed by atoms with Gasteiger partial charge in [0.25, 0.3) is 11.2 Å². The van der Waals surface area contributed by atoms with Crippen LogP contribution in [-0.4, -0.2) is 14.9 Å². The number of fused-ring (bicyclic) bond motifs is 1. The molecule has 0 amide bonds. The first-order chi connectivity index (χ1) is 13.8. The van der Waals surface area contributed by atoms with Gasteiger partial charge in [0.05, 0.1) is 10.3 Å². The molecular weight excluding hydrogens is 454 g/mol. The van der Waals surface area contributed by atoms with Crippen LogP contribution in [-0.2, 0) is 6.42 Å². The van der Waals surface area contributed by atoms with Crippen molar-refractivity contribution in [1.82, 2.24) is 9.97 Å². The molecule has 0 aliphatic rings. The first-order valence-corrected chi connectivity index (χ1v) is 10.5. The first kappa shape index (κ1) is 19.5. The van der Waals surface area contributed by atoms with E-state index in [0.717, 1.165) is 31.6 Å². The summed E-state index contributed by atoms with van der Waals surface area (Å²) in [6, 6.07) is 12.3. The molecule has 8 heteroatoms. The van der Waals surface area contributed by atoms with Crippen molar-refractivity contribution in [3.63, 3.8) is 0 Å². The number of hydrogen-bond donors (Lipinski definition) is 1. The summed E-state index contributed by atoms with van der Waals surface area (Å²) in [4.78, 5) is 32.6. The number of H-pyrrole nitrogens is 1. The van der Waals surface area contributed by atoms with Crippen LogP contribution >= 0.6 is 27.3 Å². The summed E-state index contributed by atoms with van der Waals surface area (Å²) in [7, 11) is 0. The van der Waals surface area contributed by atoms with Crippen molar-refractivity contribution in [2.24, 2.45) is 0 Å². The standard InChI is InChI=1S/C21H16BrN3O3S/c1-11-3-8-16(22)15(9-11)18-12(2)29-21-19(18)20(26)23-17(24-21)10-13-4-6-14(7-5-13)25(27)28/h3-9H,10H2,1-2H3,(H,23,24,26). The molecule has 0 saturated carbocycles. The van der Waals surface area contributed by atoms with Gasteiger partial charge in [0.1, 0.15) is 10.7 Å². The number of thiophene rings is 1. The molecule has 2 aromatic heterocycles. The van der Waals surface area contributed by atoms with Gasteiger partial charge in [-0.2, -0.15) is 0 Å². The van der Waals surface area contributed by atoms with Crippen LogP contribution in [0.15, 0.2) is 51.7 Å². The van der Waals surface area contributed by atoms with Gasteiger partial charge in [0.2, 0.25) is 0 Å². The fourth-order valence-corrected chi connectivity index (χ4v) is 4.83. The molecule has 0 aliphatic carbocycles. The molecule has 0 aliphatic heterocycles. The monoisotopic (exact) mass is 469 g/mol. The Hall–Kier alpha value is -2.84. The van der Waals surface area contributed by atoms with Gasteiger partial charge in [0, 0.05) is 33.5 Å². The molecular formula is C21H16BrN3O3S. The molecule has 0 unspecified atom stereocenters. The quantitative estimate of drug-likeness (QED) is 0.314. The lowest BCUT2D eigenvalue weighted by molar-refractivity contribution is -0.384. The number of nitro groups is 1. The van der Waals surface area contributed by atoms with Crippen molar-refractivity contribution < 1.29 is 4.92 Å². The maximum atomic E-state index is 12.9. The number of non-ortho nitro benzene ring substituents is 1. The van der Waals surface area contributed by atoms with Crippen molar-refractivity contribution in [2.75, 3.05) is 0 Å². The molecule has 6 nitrogen and oxygen atoms in total.